The molecule has 0 unspecified atom stereocenters. The summed E-state index contributed by atoms with van der Waals surface area (Å²) in [6, 6.07) is 10.2. The maximum atomic E-state index is 12.5. The topological polar surface area (TPSA) is 37.4 Å². The first-order valence-corrected chi connectivity index (χ1v) is 7.74. The Balaban J connectivity index is 1.79. The fourth-order valence-electron chi connectivity index (χ4n) is 2.74. The molecule has 1 saturated carbocycles. The van der Waals surface area contributed by atoms with E-state index in [1.54, 1.807) is 11.3 Å². The summed E-state index contributed by atoms with van der Waals surface area (Å²) in [6.07, 6.45) is 2.81. The minimum Gasteiger partial charge on any atom is -0.338 e. The minimum absolute atomic E-state index is 0.0746. The van der Waals surface area contributed by atoms with Crippen molar-refractivity contribution in [2.75, 3.05) is 7.05 Å². The lowest BCUT2D eigenvalue weighted by Crippen LogP contribution is -2.39. The van der Waals surface area contributed by atoms with Crippen molar-refractivity contribution in [2.45, 2.75) is 31.7 Å². The molecule has 1 aromatic carbocycles. The molecule has 3 rings (SSSR count). The molecule has 2 aromatic rings. The summed E-state index contributed by atoms with van der Waals surface area (Å²) in [6.45, 7) is 0. The largest absolute Gasteiger partial charge is 0.338 e. The highest BCUT2D eigenvalue weighted by Gasteiger charge is 2.26. The third-order valence-corrected chi connectivity index (χ3v) is 5.12. The number of nitrogens with zero attached hydrogens (tertiary/aromatic N) is 1. The quantitative estimate of drug-likeness (QED) is 0.848. The lowest BCUT2D eigenvalue weighted by Gasteiger charge is -2.30. The van der Waals surface area contributed by atoms with Crippen LogP contribution in [0.1, 0.15) is 35.4 Å². The molecule has 20 heavy (non-hydrogen) atoms. The van der Waals surface area contributed by atoms with Crippen molar-refractivity contribution >= 4 is 33.1 Å². The van der Waals surface area contributed by atoms with Gasteiger partial charge in [0.2, 0.25) is 0 Å². The Morgan fingerprint density at radius 3 is 2.65 bits per heavy atom. The predicted octanol–water partition coefficient (Wildman–Crippen LogP) is 3.49. The van der Waals surface area contributed by atoms with Crippen molar-refractivity contribution < 1.29 is 9.59 Å². The molecular formula is C16H17NO2S. The van der Waals surface area contributed by atoms with Gasteiger partial charge in [0, 0.05) is 30.6 Å². The van der Waals surface area contributed by atoms with Gasteiger partial charge in [0.05, 0.1) is 4.88 Å². The van der Waals surface area contributed by atoms with Crippen LogP contribution in [0.4, 0.5) is 0 Å². The number of rotatable bonds is 2. The molecule has 3 nitrogen and oxygen atoms in total. The van der Waals surface area contributed by atoms with E-state index in [1.165, 1.54) is 0 Å². The smallest absolute Gasteiger partial charge is 0.263 e. The van der Waals surface area contributed by atoms with E-state index in [0.29, 0.717) is 18.6 Å². The monoisotopic (exact) mass is 287 g/mol. The van der Waals surface area contributed by atoms with E-state index < -0.39 is 0 Å². The Bertz CT molecular complexity index is 618. The van der Waals surface area contributed by atoms with Crippen molar-refractivity contribution in [1.29, 1.82) is 0 Å². The van der Waals surface area contributed by atoms with Crippen LogP contribution in [0.15, 0.2) is 30.3 Å². The van der Waals surface area contributed by atoms with Gasteiger partial charge in [-0.05, 0) is 30.4 Å². The van der Waals surface area contributed by atoms with Crippen LogP contribution in [0.5, 0.6) is 0 Å². The molecule has 0 N–H and O–H groups in total. The molecule has 0 aliphatic heterocycles. The van der Waals surface area contributed by atoms with Gasteiger partial charge in [0.25, 0.3) is 5.91 Å². The van der Waals surface area contributed by atoms with Gasteiger partial charge < -0.3 is 4.90 Å². The van der Waals surface area contributed by atoms with Crippen LogP contribution in [0, 0.1) is 0 Å². The van der Waals surface area contributed by atoms with Gasteiger partial charge in [0.15, 0.2) is 0 Å². The van der Waals surface area contributed by atoms with Crippen LogP contribution >= 0.6 is 11.3 Å². The first-order chi connectivity index (χ1) is 9.65. The molecule has 0 saturated heterocycles. The molecule has 0 atom stereocenters. The first kappa shape index (κ1) is 13.3. The standard InChI is InChI=1S/C16H17NO2S/c1-17(12-6-8-13(18)9-7-12)16(19)15-10-11-4-2-3-5-14(11)20-15/h2-5,10,12H,6-9H2,1H3. The normalized spacial score (nSPS) is 16.6. The van der Waals surface area contributed by atoms with Crippen LogP contribution in [-0.4, -0.2) is 29.7 Å². The number of ketones is 1. The maximum absolute atomic E-state index is 12.5. The fraction of sp³-hybridized carbons (Fsp3) is 0.375. The molecule has 104 valence electrons. The molecule has 1 aliphatic rings. The van der Waals surface area contributed by atoms with E-state index in [0.717, 1.165) is 27.8 Å². The Morgan fingerprint density at radius 2 is 1.95 bits per heavy atom. The number of carbonyl (C=O) groups is 2. The zero-order chi connectivity index (χ0) is 14.1. The van der Waals surface area contributed by atoms with Crippen molar-refractivity contribution in [3.8, 4) is 0 Å². The average Bonchev–Trinajstić information content (AvgIpc) is 2.90. The molecular weight excluding hydrogens is 270 g/mol. The van der Waals surface area contributed by atoms with Crippen molar-refractivity contribution in [2.24, 2.45) is 0 Å². The molecule has 1 aliphatic carbocycles. The third-order valence-electron chi connectivity index (χ3n) is 4.02. The number of thiophene rings is 1. The summed E-state index contributed by atoms with van der Waals surface area (Å²) >= 11 is 1.54. The van der Waals surface area contributed by atoms with Gasteiger partial charge in [0.1, 0.15) is 5.78 Å². The summed E-state index contributed by atoms with van der Waals surface area (Å²) in [5, 5.41) is 1.12. The molecule has 0 spiro atoms. The zero-order valence-corrected chi connectivity index (χ0v) is 12.3. The second kappa shape index (κ2) is 5.37. The van der Waals surface area contributed by atoms with E-state index in [2.05, 4.69) is 0 Å². The van der Waals surface area contributed by atoms with E-state index in [1.807, 2.05) is 42.3 Å². The second-order valence-corrected chi connectivity index (χ2v) is 6.42. The molecule has 1 fully saturated rings. The van der Waals surface area contributed by atoms with Gasteiger partial charge in [-0.15, -0.1) is 11.3 Å². The lowest BCUT2D eigenvalue weighted by atomic mass is 9.93. The SMILES string of the molecule is CN(C(=O)c1cc2ccccc2s1)C1CCC(=O)CC1. The highest BCUT2D eigenvalue weighted by atomic mass is 32.1. The number of benzene rings is 1. The third kappa shape index (κ3) is 2.48. The van der Waals surface area contributed by atoms with Crippen molar-refractivity contribution in [3.63, 3.8) is 0 Å². The average molecular weight is 287 g/mol. The van der Waals surface area contributed by atoms with Crippen LogP contribution < -0.4 is 0 Å². The Kier molecular flexibility index (Phi) is 3.57. The van der Waals surface area contributed by atoms with Gasteiger partial charge >= 0.3 is 0 Å². The minimum atomic E-state index is 0.0746. The van der Waals surface area contributed by atoms with Gasteiger partial charge in [-0.1, -0.05) is 18.2 Å². The summed E-state index contributed by atoms with van der Waals surface area (Å²) in [5.74, 6) is 0.398. The number of hydrogen-bond acceptors (Lipinski definition) is 3. The number of hydrogen-bond donors (Lipinski definition) is 0. The highest BCUT2D eigenvalue weighted by Crippen LogP contribution is 2.28. The Morgan fingerprint density at radius 1 is 1.25 bits per heavy atom. The predicted molar refractivity (Wildman–Crippen MR) is 81.2 cm³/mol. The van der Waals surface area contributed by atoms with Crippen LogP contribution in [0.2, 0.25) is 0 Å². The Labute approximate surface area is 122 Å². The number of fused-ring (bicyclic) bond motifs is 1. The second-order valence-electron chi connectivity index (χ2n) is 5.33. The number of amides is 1. The summed E-state index contributed by atoms with van der Waals surface area (Å²) in [7, 11) is 1.85. The molecule has 1 heterocycles. The number of carbonyl (C=O) groups excluding carboxylic acids is 2. The fourth-order valence-corrected chi connectivity index (χ4v) is 3.78. The molecule has 0 bridgehead atoms. The number of Topliss-reactive ketones (excluding diaryl/α,β-unsaturated/α-hetero) is 1. The highest BCUT2D eigenvalue weighted by molar-refractivity contribution is 7.20. The van der Waals surface area contributed by atoms with E-state index in [-0.39, 0.29) is 11.9 Å². The van der Waals surface area contributed by atoms with Gasteiger partial charge in [-0.25, -0.2) is 0 Å². The summed E-state index contributed by atoms with van der Waals surface area (Å²) < 4.78 is 1.14. The van der Waals surface area contributed by atoms with Gasteiger partial charge in [-0.2, -0.15) is 0 Å². The molecule has 1 aromatic heterocycles. The van der Waals surface area contributed by atoms with Crippen LogP contribution in [0.3, 0.4) is 0 Å². The van der Waals surface area contributed by atoms with E-state index in [9.17, 15) is 9.59 Å². The summed E-state index contributed by atoms with van der Waals surface area (Å²) in [4.78, 5) is 26.4. The lowest BCUT2D eigenvalue weighted by molar-refractivity contribution is -0.121. The first-order valence-electron chi connectivity index (χ1n) is 6.92. The van der Waals surface area contributed by atoms with E-state index in [4.69, 9.17) is 0 Å². The zero-order valence-electron chi connectivity index (χ0n) is 11.5. The summed E-state index contributed by atoms with van der Waals surface area (Å²) in [5.41, 5.74) is 0. The van der Waals surface area contributed by atoms with E-state index >= 15 is 0 Å². The Hall–Kier alpha value is -1.68. The molecule has 1 amide bonds. The maximum Gasteiger partial charge on any atom is 0.263 e. The van der Waals surface area contributed by atoms with Crippen molar-refractivity contribution in [3.05, 3.63) is 35.2 Å². The molecule has 0 radical (unpaired) electrons. The molecule has 4 heteroatoms. The van der Waals surface area contributed by atoms with Crippen LogP contribution in [-0.2, 0) is 4.79 Å². The van der Waals surface area contributed by atoms with Crippen LogP contribution in [0.25, 0.3) is 10.1 Å². The van der Waals surface area contributed by atoms with Crippen molar-refractivity contribution in [1.82, 2.24) is 4.90 Å². The van der Waals surface area contributed by atoms with Gasteiger partial charge in [-0.3, -0.25) is 9.59 Å².